The van der Waals surface area contributed by atoms with Crippen LogP contribution in [0.3, 0.4) is 0 Å². The molecule has 0 N–H and O–H groups in total. The van der Waals surface area contributed by atoms with Gasteiger partial charge in [-0.1, -0.05) is 56.5 Å². The Morgan fingerprint density at radius 2 is 1.76 bits per heavy atom. The molecule has 1 saturated heterocycles. The molecule has 2 saturated carbocycles. The number of rotatable bonds is 3. The number of nitrogens with zero attached hydrogens (tertiary/aromatic N) is 3. The molecule has 3 fully saturated rings. The van der Waals surface area contributed by atoms with Crippen LogP contribution in [-0.2, 0) is 9.59 Å². The van der Waals surface area contributed by atoms with Crippen LogP contribution in [0.2, 0.25) is 0 Å². The molecule has 0 bridgehead atoms. The van der Waals surface area contributed by atoms with Crippen molar-refractivity contribution in [3.63, 3.8) is 0 Å². The molecular weight excluding hydrogens is 366 g/mol. The summed E-state index contributed by atoms with van der Waals surface area (Å²) >= 11 is 0. The molecule has 2 heterocycles. The van der Waals surface area contributed by atoms with Gasteiger partial charge in [-0.25, -0.2) is 4.79 Å². The lowest BCUT2D eigenvalue weighted by Crippen LogP contribution is -2.47. The van der Waals surface area contributed by atoms with Gasteiger partial charge in [0.15, 0.2) is 0 Å². The Morgan fingerprint density at radius 1 is 1.03 bits per heavy atom. The van der Waals surface area contributed by atoms with Crippen LogP contribution in [0.5, 0.6) is 0 Å². The first-order valence-electron chi connectivity index (χ1n) is 10.7. The van der Waals surface area contributed by atoms with E-state index in [4.69, 9.17) is 0 Å². The minimum Gasteiger partial charge on any atom is -0.315 e. The van der Waals surface area contributed by atoms with Crippen LogP contribution in [0.1, 0.15) is 56.9 Å². The van der Waals surface area contributed by atoms with Crippen molar-refractivity contribution in [3.05, 3.63) is 47.8 Å². The van der Waals surface area contributed by atoms with Gasteiger partial charge >= 0.3 is 6.03 Å². The lowest BCUT2D eigenvalue weighted by Gasteiger charge is -2.38. The van der Waals surface area contributed by atoms with E-state index < -0.39 is 0 Å². The van der Waals surface area contributed by atoms with Crippen LogP contribution in [0.4, 0.5) is 4.79 Å². The van der Waals surface area contributed by atoms with Gasteiger partial charge in [-0.3, -0.25) is 19.4 Å². The molecule has 0 aromatic heterocycles. The third-order valence-electron chi connectivity index (χ3n) is 7.06. The van der Waals surface area contributed by atoms with Crippen LogP contribution in [0.25, 0.3) is 0 Å². The van der Waals surface area contributed by atoms with Crippen LogP contribution >= 0.6 is 0 Å². The van der Waals surface area contributed by atoms with Gasteiger partial charge in [-0.15, -0.1) is 0 Å². The maximum atomic E-state index is 13.2. The quantitative estimate of drug-likeness (QED) is 0.739. The summed E-state index contributed by atoms with van der Waals surface area (Å²) < 4.78 is 0. The number of amides is 4. The number of hydrogen-bond donors (Lipinski definition) is 0. The average Bonchev–Trinajstić information content (AvgIpc) is 3.49. The Kier molecular flexibility index (Phi) is 4.26. The molecule has 0 radical (unpaired) electrons. The fourth-order valence-corrected chi connectivity index (χ4v) is 5.19. The molecule has 6 heteroatoms. The van der Waals surface area contributed by atoms with E-state index in [1.54, 1.807) is 16.0 Å². The third-order valence-corrected chi connectivity index (χ3v) is 7.06. The molecule has 6 nitrogen and oxygen atoms in total. The number of carbonyl (C=O) groups excluding carboxylic acids is 3. The summed E-state index contributed by atoms with van der Waals surface area (Å²) in [6.07, 6.45) is 7.57. The number of urea groups is 1. The summed E-state index contributed by atoms with van der Waals surface area (Å²) in [4.78, 5) is 43.9. The molecule has 2 atom stereocenters. The van der Waals surface area contributed by atoms with Gasteiger partial charge in [0, 0.05) is 36.7 Å². The van der Waals surface area contributed by atoms with E-state index in [0.29, 0.717) is 18.8 Å². The molecule has 0 unspecified atom stereocenters. The zero-order valence-electron chi connectivity index (χ0n) is 16.8. The van der Waals surface area contributed by atoms with E-state index in [-0.39, 0.29) is 35.2 Å². The van der Waals surface area contributed by atoms with Crippen LogP contribution in [-0.4, -0.2) is 51.7 Å². The predicted molar refractivity (Wildman–Crippen MR) is 108 cm³/mol. The second kappa shape index (κ2) is 6.71. The smallest absolute Gasteiger partial charge is 0.315 e. The molecule has 4 amide bonds. The Labute approximate surface area is 171 Å². The Bertz CT molecular complexity index is 888. The Hall–Kier alpha value is -2.63. The van der Waals surface area contributed by atoms with Crippen molar-refractivity contribution < 1.29 is 14.4 Å². The summed E-state index contributed by atoms with van der Waals surface area (Å²) in [6.45, 7) is 2.89. The molecule has 2 aliphatic carbocycles. The first-order valence-corrected chi connectivity index (χ1v) is 10.7. The summed E-state index contributed by atoms with van der Waals surface area (Å²) in [7, 11) is 0. The average molecular weight is 393 g/mol. The molecule has 152 valence electrons. The molecular formula is C23H27N3O3. The molecule has 1 aromatic carbocycles. The van der Waals surface area contributed by atoms with Gasteiger partial charge in [-0.05, 0) is 24.8 Å². The van der Waals surface area contributed by atoms with E-state index in [1.165, 1.54) is 16.9 Å². The van der Waals surface area contributed by atoms with Crippen molar-refractivity contribution in [2.24, 2.45) is 5.41 Å². The standard InChI is InChI=1S/C23H27N3O3/c1-23(10-6-3-7-11-23)21(28)24-12-13-25-19(15-24)20(27)26(22(25)29)18-14-17(18)16-8-4-2-5-9-16/h2,4-5,8-9,15,17-18H,3,6-7,10-14H2,1H3/t17-,18+/m1/s1. The summed E-state index contributed by atoms with van der Waals surface area (Å²) in [5.41, 5.74) is 1.17. The monoisotopic (exact) mass is 393 g/mol. The minimum atomic E-state index is -0.349. The van der Waals surface area contributed by atoms with Gasteiger partial charge in [0.05, 0.1) is 0 Å². The Morgan fingerprint density at radius 3 is 2.48 bits per heavy atom. The van der Waals surface area contributed by atoms with Crippen molar-refractivity contribution in [2.45, 2.75) is 57.4 Å². The lowest BCUT2D eigenvalue weighted by molar-refractivity contribution is -0.140. The van der Waals surface area contributed by atoms with Crippen LogP contribution in [0.15, 0.2) is 42.2 Å². The number of hydrogen-bond acceptors (Lipinski definition) is 3. The maximum Gasteiger partial charge on any atom is 0.332 e. The number of fused-ring (bicyclic) bond motifs is 1. The first kappa shape index (κ1) is 18.4. The molecule has 0 spiro atoms. The van der Waals surface area contributed by atoms with E-state index in [0.717, 1.165) is 32.1 Å². The van der Waals surface area contributed by atoms with Crippen molar-refractivity contribution in [1.82, 2.24) is 14.7 Å². The van der Waals surface area contributed by atoms with Crippen LogP contribution < -0.4 is 0 Å². The molecule has 1 aromatic rings. The second-order valence-electron chi connectivity index (χ2n) is 9.06. The summed E-state index contributed by atoms with van der Waals surface area (Å²) in [5.74, 6) is 0.0475. The third kappa shape index (κ3) is 2.96. The number of carbonyl (C=O) groups is 3. The van der Waals surface area contributed by atoms with Gasteiger partial charge in [-0.2, -0.15) is 0 Å². The second-order valence-corrected chi connectivity index (χ2v) is 9.06. The highest BCUT2D eigenvalue weighted by atomic mass is 16.2. The van der Waals surface area contributed by atoms with Crippen LogP contribution in [0, 0.1) is 5.41 Å². The predicted octanol–water partition coefficient (Wildman–Crippen LogP) is 3.46. The van der Waals surface area contributed by atoms with E-state index >= 15 is 0 Å². The normalized spacial score (nSPS) is 28.3. The van der Waals surface area contributed by atoms with Gasteiger partial charge < -0.3 is 4.90 Å². The minimum absolute atomic E-state index is 0.0797. The number of imide groups is 1. The van der Waals surface area contributed by atoms with Gasteiger partial charge in [0.2, 0.25) is 5.91 Å². The van der Waals surface area contributed by atoms with Crippen molar-refractivity contribution in [1.29, 1.82) is 0 Å². The van der Waals surface area contributed by atoms with Crippen molar-refractivity contribution in [2.75, 3.05) is 13.1 Å². The van der Waals surface area contributed by atoms with E-state index in [9.17, 15) is 14.4 Å². The summed E-state index contributed by atoms with van der Waals surface area (Å²) in [6, 6.07) is 9.72. The maximum absolute atomic E-state index is 13.2. The topological polar surface area (TPSA) is 60.9 Å². The SMILES string of the molecule is CC1(C(=O)N2C=C3C(=O)N([C@H]4C[C@@H]4c4ccccc4)C(=O)N3CC2)CCCCC1. The lowest BCUT2D eigenvalue weighted by atomic mass is 9.74. The molecule has 29 heavy (non-hydrogen) atoms. The summed E-state index contributed by atoms with van der Waals surface area (Å²) in [5, 5.41) is 0. The molecule has 5 rings (SSSR count). The van der Waals surface area contributed by atoms with Gasteiger partial charge in [0.25, 0.3) is 5.91 Å². The fraction of sp³-hybridized carbons (Fsp3) is 0.522. The van der Waals surface area contributed by atoms with E-state index in [2.05, 4.69) is 0 Å². The largest absolute Gasteiger partial charge is 0.332 e. The fourth-order valence-electron chi connectivity index (χ4n) is 5.19. The van der Waals surface area contributed by atoms with Crippen molar-refractivity contribution >= 4 is 17.8 Å². The zero-order valence-corrected chi connectivity index (χ0v) is 16.8. The molecule has 2 aliphatic heterocycles. The highest BCUT2D eigenvalue weighted by Crippen LogP contribution is 2.47. The highest BCUT2D eigenvalue weighted by molar-refractivity contribution is 6.12. The number of benzene rings is 1. The van der Waals surface area contributed by atoms with E-state index in [1.807, 2.05) is 37.3 Å². The Balaban J connectivity index is 1.35. The highest BCUT2D eigenvalue weighted by Gasteiger charge is 2.54. The molecule has 4 aliphatic rings. The van der Waals surface area contributed by atoms with Gasteiger partial charge in [0.1, 0.15) is 5.70 Å². The first-order chi connectivity index (χ1) is 14.0. The zero-order chi connectivity index (χ0) is 20.2. The van der Waals surface area contributed by atoms with Crippen molar-refractivity contribution in [3.8, 4) is 0 Å².